The van der Waals surface area contributed by atoms with Gasteiger partial charge in [0.1, 0.15) is 11.9 Å². The normalized spacial score (nSPS) is 14.0. The molecule has 3 rings (SSSR count). The molecule has 1 aliphatic heterocycles. The van der Waals surface area contributed by atoms with E-state index in [1.807, 2.05) is 13.8 Å². The van der Waals surface area contributed by atoms with Crippen LogP contribution in [0.1, 0.15) is 47.9 Å². The minimum atomic E-state index is -1.04. The quantitative estimate of drug-likeness (QED) is 0.712. The van der Waals surface area contributed by atoms with Gasteiger partial charge in [-0.25, -0.2) is 4.39 Å². The van der Waals surface area contributed by atoms with Gasteiger partial charge in [0, 0.05) is 12.6 Å². The van der Waals surface area contributed by atoms with Crippen LogP contribution in [0.3, 0.4) is 0 Å². The molecule has 2 N–H and O–H groups in total. The number of fused-ring (bicyclic) bond motifs is 1. The van der Waals surface area contributed by atoms with Crippen LogP contribution in [0.2, 0.25) is 0 Å². The Hall–Kier alpha value is -3.55. The second kappa shape index (κ2) is 8.44. The number of carbonyl (C=O) groups excluding carboxylic acids is 4. The molecule has 1 aliphatic rings. The summed E-state index contributed by atoms with van der Waals surface area (Å²) >= 11 is 0. The van der Waals surface area contributed by atoms with E-state index in [-0.39, 0.29) is 34.8 Å². The van der Waals surface area contributed by atoms with Gasteiger partial charge in [0.25, 0.3) is 11.8 Å². The molecule has 1 unspecified atom stereocenters. The van der Waals surface area contributed by atoms with Crippen molar-refractivity contribution in [3.8, 4) is 0 Å². The summed E-state index contributed by atoms with van der Waals surface area (Å²) in [5.41, 5.74) is 0.675. The zero-order chi connectivity index (χ0) is 22.0. The van der Waals surface area contributed by atoms with E-state index in [9.17, 15) is 23.6 Å². The third kappa shape index (κ3) is 4.22. The van der Waals surface area contributed by atoms with E-state index in [4.69, 9.17) is 0 Å². The predicted molar refractivity (Wildman–Crippen MR) is 110 cm³/mol. The lowest BCUT2D eigenvalue weighted by Gasteiger charge is -2.26. The van der Waals surface area contributed by atoms with Gasteiger partial charge in [0.05, 0.1) is 16.8 Å². The lowest BCUT2D eigenvalue weighted by atomic mass is 10.0. The van der Waals surface area contributed by atoms with Crippen LogP contribution in [0.5, 0.6) is 0 Å². The van der Waals surface area contributed by atoms with Crippen LogP contribution in [0.15, 0.2) is 42.5 Å². The summed E-state index contributed by atoms with van der Waals surface area (Å²) in [4.78, 5) is 50.9. The van der Waals surface area contributed by atoms with Crippen molar-refractivity contribution >= 4 is 35.0 Å². The monoisotopic (exact) mass is 411 g/mol. The molecule has 156 valence electrons. The maximum absolute atomic E-state index is 13.9. The first-order valence-electron chi connectivity index (χ1n) is 9.54. The van der Waals surface area contributed by atoms with Gasteiger partial charge in [-0.05, 0) is 42.7 Å². The number of carbonyl (C=O) groups is 4. The van der Waals surface area contributed by atoms with Gasteiger partial charge in [-0.1, -0.05) is 26.0 Å². The lowest BCUT2D eigenvalue weighted by molar-refractivity contribution is -0.120. The van der Waals surface area contributed by atoms with E-state index in [2.05, 4.69) is 10.6 Å². The summed E-state index contributed by atoms with van der Waals surface area (Å²) in [6.07, 6.45) is 0.261. The Morgan fingerprint density at radius 2 is 1.60 bits per heavy atom. The molecule has 0 spiro atoms. The summed E-state index contributed by atoms with van der Waals surface area (Å²) in [7, 11) is 0. The molecule has 0 saturated heterocycles. The van der Waals surface area contributed by atoms with Crippen molar-refractivity contribution < 1.29 is 23.6 Å². The van der Waals surface area contributed by atoms with Gasteiger partial charge >= 0.3 is 0 Å². The van der Waals surface area contributed by atoms with E-state index in [1.165, 1.54) is 19.1 Å². The zero-order valence-corrected chi connectivity index (χ0v) is 16.9. The van der Waals surface area contributed by atoms with Crippen LogP contribution >= 0.6 is 0 Å². The van der Waals surface area contributed by atoms with Gasteiger partial charge < -0.3 is 10.6 Å². The van der Waals surface area contributed by atoms with Crippen molar-refractivity contribution in [3.63, 3.8) is 0 Å². The second-order valence-electron chi connectivity index (χ2n) is 7.54. The predicted octanol–water partition coefficient (Wildman–Crippen LogP) is 3.43. The van der Waals surface area contributed by atoms with Crippen LogP contribution in [-0.2, 0) is 9.59 Å². The summed E-state index contributed by atoms with van der Waals surface area (Å²) in [6, 6.07) is 9.13. The van der Waals surface area contributed by atoms with E-state index in [0.29, 0.717) is 0 Å². The molecule has 2 aromatic carbocycles. The number of hydrogen-bond acceptors (Lipinski definition) is 4. The minimum absolute atomic E-state index is 0.0215. The Balaban J connectivity index is 1.88. The first-order valence-corrected chi connectivity index (χ1v) is 9.54. The van der Waals surface area contributed by atoms with Gasteiger partial charge in [-0.15, -0.1) is 0 Å². The van der Waals surface area contributed by atoms with E-state index in [0.717, 1.165) is 11.0 Å². The molecular weight excluding hydrogens is 389 g/mol. The van der Waals surface area contributed by atoms with Crippen LogP contribution in [0.25, 0.3) is 0 Å². The number of rotatable bonds is 6. The van der Waals surface area contributed by atoms with Crippen molar-refractivity contribution in [2.75, 3.05) is 10.6 Å². The Morgan fingerprint density at radius 1 is 1.00 bits per heavy atom. The Bertz CT molecular complexity index is 1000. The highest BCUT2D eigenvalue weighted by atomic mass is 19.1. The van der Waals surface area contributed by atoms with Crippen molar-refractivity contribution in [2.24, 2.45) is 5.92 Å². The number of anilines is 2. The molecule has 0 radical (unpaired) electrons. The first-order chi connectivity index (χ1) is 14.2. The fourth-order valence-electron chi connectivity index (χ4n) is 3.38. The molecule has 1 atom stereocenters. The third-order valence-corrected chi connectivity index (χ3v) is 4.68. The molecule has 0 fully saturated rings. The SMILES string of the molecule is CC(=O)Nc1cc(NC(=O)C(CC(C)C)N2C(=O)c3ccccc3C2=O)ccc1F. The molecule has 0 aliphatic carbocycles. The van der Waals surface area contributed by atoms with Crippen molar-refractivity contribution in [2.45, 2.75) is 33.2 Å². The highest BCUT2D eigenvalue weighted by Crippen LogP contribution is 2.28. The van der Waals surface area contributed by atoms with Gasteiger partial charge in [0.2, 0.25) is 11.8 Å². The largest absolute Gasteiger partial charge is 0.324 e. The number of halogens is 1. The standard InChI is InChI=1S/C22H22FN3O4/c1-12(2)10-19(26-21(29)15-6-4-5-7-16(15)22(26)30)20(28)25-14-8-9-17(23)18(11-14)24-13(3)27/h4-9,11-12,19H,10H2,1-3H3,(H,24,27)(H,25,28). The number of nitrogens with one attached hydrogen (secondary N) is 2. The van der Waals surface area contributed by atoms with Crippen molar-refractivity contribution in [1.82, 2.24) is 4.90 Å². The van der Waals surface area contributed by atoms with E-state index < -0.39 is 35.5 Å². The average Bonchev–Trinajstić information content (AvgIpc) is 2.93. The Labute approximate surface area is 173 Å². The van der Waals surface area contributed by atoms with Crippen molar-refractivity contribution in [3.05, 3.63) is 59.4 Å². The van der Waals surface area contributed by atoms with E-state index >= 15 is 0 Å². The fourth-order valence-corrected chi connectivity index (χ4v) is 3.38. The fraction of sp³-hybridized carbons (Fsp3) is 0.273. The molecule has 0 bridgehead atoms. The van der Waals surface area contributed by atoms with Crippen LogP contribution in [0, 0.1) is 11.7 Å². The highest BCUT2D eigenvalue weighted by molar-refractivity contribution is 6.23. The smallest absolute Gasteiger partial charge is 0.262 e. The molecule has 0 saturated carbocycles. The number of imide groups is 1. The number of amides is 4. The number of benzene rings is 2. The topological polar surface area (TPSA) is 95.6 Å². The van der Waals surface area contributed by atoms with Crippen LogP contribution < -0.4 is 10.6 Å². The summed E-state index contributed by atoms with van der Waals surface area (Å²) in [5, 5.41) is 4.98. The van der Waals surface area contributed by atoms with Crippen molar-refractivity contribution in [1.29, 1.82) is 0 Å². The molecule has 8 heteroatoms. The molecule has 7 nitrogen and oxygen atoms in total. The molecule has 2 aromatic rings. The van der Waals surface area contributed by atoms with Crippen LogP contribution in [0.4, 0.5) is 15.8 Å². The lowest BCUT2D eigenvalue weighted by Crippen LogP contribution is -2.47. The van der Waals surface area contributed by atoms with E-state index in [1.54, 1.807) is 24.3 Å². The third-order valence-electron chi connectivity index (χ3n) is 4.68. The number of hydrogen-bond donors (Lipinski definition) is 2. The zero-order valence-electron chi connectivity index (χ0n) is 16.9. The first kappa shape index (κ1) is 21.2. The molecular formula is C22H22FN3O4. The van der Waals surface area contributed by atoms with Gasteiger partial charge in [-0.2, -0.15) is 0 Å². The second-order valence-corrected chi connectivity index (χ2v) is 7.54. The van der Waals surface area contributed by atoms with Crippen LogP contribution in [-0.4, -0.2) is 34.6 Å². The Kier molecular flexibility index (Phi) is 5.96. The van der Waals surface area contributed by atoms with Gasteiger partial charge in [-0.3, -0.25) is 24.1 Å². The summed E-state index contributed by atoms with van der Waals surface area (Å²) < 4.78 is 13.9. The molecule has 1 heterocycles. The minimum Gasteiger partial charge on any atom is -0.324 e. The Morgan fingerprint density at radius 3 is 2.13 bits per heavy atom. The maximum atomic E-state index is 13.9. The van der Waals surface area contributed by atoms with Gasteiger partial charge in [0.15, 0.2) is 0 Å². The highest BCUT2D eigenvalue weighted by Gasteiger charge is 2.42. The molecule has 4 amide bonds. The summed E-state index contributed by atoms with van der Waals surface area (Å²) in [5.74, 6) is -2.70. The average molecular weight is 411 g/mol. The molecule has 0 aromatic heterocycles. The maximum Gasteiger partial charge on any atom is 0.262 e. The number of nitrogens with zero attached hydrogens (tertiary/aromatic N) is 1. The summed E-state index contributed by atoms with van der Waals surface area (Å²) in [6.45, 7) is 5.00. The molecule has 30 heavy (non-hydrogen) atoms.